The van der Waals surface area contributed by atoms with Crippen molar-refractivity contribution >= 4 is 22.7 Å². The molecular formula is C19H18N4. The Labute approximate surface area is 135 Å². The number of benzene rings is 1. The Morgan fingerprint density at radius 1 is 1.26 bits per heavy atom. The standard InChI is InChI=1S/C19H18N4/c20-12-15(19-21-17-7-3-4-8-18(17)22-19)11-14-9-10-23(13-14)16-5-1-2-6-16/h3-4,7-11,13,16H,1-2,5-6H2,(H,21,22)/b15-11+. The van der Waals surface area contributed by atoms with Crippen LogP contribution in [0.25, 0.3) is 22.7 Å². The normalized spacial score (nSPS) is 16.0. The van der Waals surface area contributed by atoms with Gasteiger partial charge >= 0.3 is 0 Å². The van der Waals surface area contributed by atoms with E-state index in [0.717, 1.165) is 16.6 Å². The van der Waals surface area contributed by atoms with E-state index in [1.807, 2.05) is 30.3 Å². The first-order chi connectivity index (χ1) is 11.3. The van der Waals surface area contributed by atoms with Crippen molar-refractivity contribution in [2.75, 3.05) is 0 Å². The van der Waals surface area contributed by atoms with Crippen molar-refractivity contribution < 1.29 is 0 Å². The van der Waals surface area contributed by atoms with Gasteiger partial charge in [-0.2, -0.15) is 5.26 Å². The number of hydrogen-bond donors (Lipinski definition) is 1. The SMILES string of the molecule is N#C/C(=C\c1ccn(C2CCCC2)c1)c1nc2ccccc2[nH]1. The summed E-state index contributed by atoms with van der Waals surface area (Å²) in [5, 5.41) is 9.50. The van der Waals surface area contributed by atoms with Gasteiger partial charge in [-0.15, -0.1) is 0 Å². The second kappa shape index (κ2) is 5.77. The molecule has 0 spiro atoms. The fourth-order valence-electron chi connectivity index (χ4n) is 3.35. The number of para-hydroxylation sites is 2. The molecule has 2 aromatic heterocycles. The number of hydrogen-bond acceptors (Lipinski definition) is 2. The van der Waals surface area contributed by atoms with Gasteiger partial charge in [0.25, 0.3) is 0 Å². The summed E-state index contributed by atoms with van der Waals surface area (Å²) in [6.45, 7) is 0. The van der Waals surface area contributed by atoms with Crippen molar-refractivity contribution in [3.8, 4) is 6.07 Å². The molecule has 1 aliphatic rings. The van der Waals surface area contributed by atoms with Crippen LogP contribution in [0.5, 0.6) is 0 Å². The van der Waals surface area contributed by atoms with Crippen LogP contribution in [0.15, 0.2) is 42.7 Å². The van der Waals surface area contributed by atoms with E-state index < -0.39 is 0 Å². The van der Waals surface area contributed by atoms with Gasteiger partial charge in [0.05, 0.1) is 16.6 Å². The number of nitrogens with zero attached hydrogens (tertiary/aromatic N) is 3. The minimum absolute atomic E-state index is 0.561. The zero-order valence-corrected chi connectivity index (χ0v) is 12.9. The minimum Gasteiger partial charge on any atom is -0.351 e. The van der Waals surface area contributed by atoms with Gasteiger partial charge in [-0.3, -0.25) is 0 Å². The molecule has 0 aliphatic heterocycles. The molecule has 4 nitrogen and oxygen atoms in total. The van der Waals surface area contributed by atoms with Crippen LogP contribution in [0, 0.1) is 11.3 Å². The fraction of sp³-hybridized carbons (Fsp3) is 0.263. The highest BCUT2D eigenvalue weighted by Gasteiger charge is 2.16. The molecule has 2 heterocycles. The third-order valence-electron chi connectivity index (χ3n) is 4.56. The molecule has 3 aromatic rings. The predicted molar refractivity (Wildman–Crippen MR) is 91.5 cm³/mol. The topological polar surface area (TPSA) is 57.4 Å². The zero-order chi connectivity index (χ0) is 15.6. The molecule has 4 rings (SSSR count). The van der Waals surface area contributed by atoms with Crippen LogP contribution in [0.4, 0.5) is 0 Å². The monoisotopic (exact) mass is 302 g/mol. The van der Waals surface area contributed by atoms with E-state index in [0.29, 0.717) is 17.4 Å². The molecule has 4 heteroatoms. The van der Waals surface area contributed by atoms with Crippen LogP contribution in [0.3, 0.4) is 0 Å². The van der Waals surface area contributed by atoms with E-state index in [1.54, 1.807) is 0 Å². The molecule has 0 radical (unpaired) electrons. The maximum absolute atomic E-state index is 9.50. The lowest BCUT2D eigenvalue weighted by Crippen LogP contribution is -2.00. The third-order valence-corrected chi connectivity index (χ3v) is 4.56. The number of aromatic nitrogens is 3. The molecule has 1 N–H and O–H groups in total. The molecule has 0 amide bonds. The third kappa shape index (κ3) is 2.66. The number of imidazole rings is 1. The van der Waals surface area contributed by atoms with E-state index >= 15 is 0 Å². The summed E-state index contributed by atoms with van der Waals surface area (Å²) in [4.78, 5) is 7.73. The molecule has 0 unspecified atom stereocenters. The quantitative estimate of drug-likeness (QED) is 0.722. The molecule has 1 saturated carbocycles. The molecule has 23 heavy (non-hydrogen) atoms. The Kier molecular flexibility index (Phi) is 3.47. The number of aromatic amines is 1. The van der Waals surface area contributed by atoms with Crippen LogP contribution in [0.2, 0.25) is 0 Å². The maximum atomic E-state index is 9.50. The Bertz CT molecular complexity index is 868. The van der Waals surface area contributed by atoms with E-state index in [1.165, 1.54) is 25.7 Å². The van der Waals surface area contributed by atoms with Gasteiger partial charge in [0.2, 0.25) is 0 Å². The highest BCUT2D eigenvalue weighted by atomic mass is 15.0. The number of allylic oxidation sites excluding steroid dienone is 1. The Balaban J connectivity index is 1.66. The van der Waals surface area contributed by atoms with E-state index in [4.69, 9.17) is 0 Å². The van der Waals surface area contributed by atoms with Gasteiger partial charge in [-0.05, 0) is 42.7 Å². The molecule has 0 bridgehead atoms. The largest absolute Gasteiger partial charge is 0.351 e. The minimum atomic E-state index is 0.561. The van der Waals surface area contributed by atoms with E-state index in [9.17, 15) is 5.26 Å². The highest BCUT2D eigenvalue weighted by Crippen LogP contribution is 2.30. The Morgan fingerprint density at radius 2 is 2.09 bits per heavy atom. The van der Waals surface area contributed by atoms with Crippen LogP contribution < -0.4 is 0 Å². The first-order valence-electron chi connectivity index (χ1n) is 8.08. The molecule has 1 aromatic carbocycles. The zero-order valence-electron chi connectivity index (χ0n) is 12.9. The summed E-state index contributed by atoms with van der Waals surface area (Å²) in [5.41, 5.74) is 3.44. The average molecular weight is 302 g/mol. The second-order valence-electron chi connectivity index (χ2n) is 6.10. The van der Waals surface area contributed by atoms with Crippen LogP contribution >= 0.6 is 0 Å². The number of nitriles is 1. The predicted octanol–water partition coefficient (Wildman–Crippen LogP) is 4.54. The summed E-state index contributed by atoms with van der Waals surface area (Å²) in [6, 6.07) is 12.8. The first kappa shape index (κ1) is 13.8. The number of rotatable bonds is 3. The van der Waals surface area contributed by atoms with Crippen LogP contribution in [-0.4, -0.2) is 14.5 Å². The van der Waals surface area contributed by atoms with Crippen molar-refractivity contribution in [1.29, 1.82) is 5.26 Å². The molecule has 0 atom stereocenters. The van der Waals surface area contributed by atoms with Gasteiger partial charge in [-0.25, -0.2) is 4.98 Å². The van der Waals surface area contributed by atoms with Crippen molar-refractivity contribution in [2.45, 2.75) is 31.7 Å². The van der Waals surface area contributed by atoms with E-state index in [2.05, 4.69) is 39.1 Å². The van der Waals surface area contributed by atoms with Gasteiger partial charge in [-0.1, -0.05) is 25.0 Å². The van der Waals surface area contributed by atoms with Crippen LogP contribution in [0.1, 0.15) is 43.1 Å². The summed E-state index contributed by atoms with van der Waals surface area (Å²) in [5.74, 6) is 0.627. The molecule has 0 saturated heterocycles. The highest BCUT2D eigenvalue weighted by molar-refractivity contribution is 5.90. The molecule has 1 aliphatic carbocycles. The lowest BCUT2D eigenvalue weighted by Gasteiger charge is -2.10. The second-order valence-corrected chi connectivity index (χ2v) is 6.10. The summed E-state index contributed by atoms with van der Waals surface area (Å²) in [7, 11) is 0. The van der Waals surface area contributed by atoms with Crippen molar-refractivity contribution in [2.24, 2.45) is 0 Å². The lowest BCUT2D eigenvalue weighted by molar-refractivity contribution is 0.521. The first-order valence-corrected chi connectivity index (χ1v) is 8.08. The van der Waals surface area contributed by atoms with Crippen molar-refractivity contribution in [1.82, 2.24) is 14.5 Å². The number of nitrogens with one attached hydrogen (secondary N) is 1. The fourth-order valence-corrected chi connectivity index (χ4v) is 3.35. The molecule has 1 fully saturated rings. The Hall–Kier alpha value is -2.80. The van der Waals surface area contributed by atoms with Gasteiger partial charge in [0.15, 0.2) is 0 Å². The van der Waals surface area contributed by atoms with Crippen molar-refractivity contribution in [3.05, 3.63) is 54.1 Å². The summed E-state index contributed by atoms with van der Waals surface area (Å²) >= 11 is 0. The molecular weight excluding hydrogens is 284 g/mol. The number of H-pyrrole nitrogens is 1. The smallest absolute Gasteiger partial charge is 0.149 e. The van der Waals surface area contributed by atoms with E-state index in [-0.39, 0.29) is 0 Å². The van der Waals surface area contributed by atoms with Gasteiger partial charge < -0.3 is 9.55 Å². The van der Waals surface area contributed by atoms with Crippen LogP contribution in [-0.2, 0) is 0 Å². The van der Waals surface area contributed by atoms with Gasteiger partial charge in [0, 0.05) is 18.4 Å². The molecule has 114 valence electrons. The lowest BCUT2D eigenvalue weighted by atomic mass is 10.2. The van der Waals surface area contributed by atoms with Crippen molar-refractivity contribution in [3.63, 3.8) is 0 Å². The average Bonchev–Trinajstić information content (AvgIpc) is 3.30. The van der Waals surface area contributed by atoms with Gasteiger partial charge in [0.1, 0.15) is 11.9 Å². The summed E-state index contributed by atoms with van der Waals surface area (Å²) in [6.07, 6.45) is 11.3. The number of fused-ring (bicyclic) bond motifs is 1. The Morgan fingerprint density at radius 3 is 2.87 bits per heavy atom. The summed E-state index contributed by atoms with van der Waals surface area (Å²) < 4.78 is 2.28. The maximum Gasteiger partial charge on any atom is 0.149 e.